The average molecular weight is 283 g/mol. The summed E-state index contributed by atoms with van der Waals surface area (Å²) in [6.07, 6.45) is 1.66. The van der Waals surface area contributed by atoms with Crippen LogP contribution in [0.4, 0.5) is 0 Å². The molecule has 0 unspecified atom stereocenters. The summed E-state index contributed by atoms with van der Waals surface area (Å²) in [4.78, 5) is 17.8. The Labute approximate surface area is 117 Å². The van der Waals surface area contributed by atoms with E-state index in [0.717, 1.165) is 36.5 Å². The van der Waals surface area contributed by atoms with E-state index in [1.54, 1.807) is 18.4 Å². The molecule has 1 fully saturated rings. The molecule has 106 valence electrons. The van der Waals surface area contributed by atoms with Gasteiger partial charge in [-0.2, -0.15) is 0 Å². The van der Waals surface area contributed by atoms with Crippen LogP contribution >= 0.6 is 11.3 Å². The van der Waals surface area contributed by atoms with Crippen LogP contribution in [0.3, 0.4) is 0 Å². The molecule has 2 N–H and O–H groups in total. The van der Waals surface area contributed by atoms with Crippen molar-refractivity contribution in [1.29, 1.82) is 0 Å². The smallest absolute Gasteiger partial charge is 0.228 e. The number of aromatic nitrogens is 1. The molecule has 19 heavy (non-hydrogen) atoms. The number of thiazole rings is 1. The fraction of sp³-hybridized carbons (Fsp3) is 0.692. The van der Waals surface area contributed by atoms with Crippen LogP contribution in [0.2, 0.25) is 0 Å². The molecule has 0 bridgehead atoms. The molecule has 2 heterocycles. The standard InChI is InChI=1S/C13H21N3O2S/c1-10-11(19-9-16-10)7-15-12(17)13(8-18-2)3-5-14-6-4-13/h9,14H,3-8H2,1-2H3,(H,15,17). The number of rotatable bonds is 5. The number of methoxy groups -OCH3 is 1. The number of ether oxygens (including phenoxy) is 1. The van der Waals surface area contributed by atoms with Gasteiger partial charge in [0.25, 0.3) is 0 Å². The lowest BCUT2D eigenvalue weighted by molar-refractivity contribution is -0.136. The van der Waals surface area contributed by atoms with Gasteiger partial charge in [0.2, 0.25) is 5.91 Å². The molecule has 0 saturated carbocycles. The van der Waals surface area contributed by atoms with E-state index in [1.807, 2.05) is 12.4 Å². The van der Waals surface area contributed by atoms with Crippen molar-refractivity contribution in [3.05, 3.63) is 16.1 Å². The van der Waals surface area contributed by atoms with Gasteiger partial charge < -0.3 is 15.4 Å². The number of amides is 1. The van der Waals surface area contributed by atoms with Crippen LogP contribution in [0.5, 0.6) is 0 Å². The van der Waals surface area contributed by atoms with Gasteiger partial charge >= 0.3 is 0 Å². The molecular weight excluding hydrogens is 262 g/mol. The molecule has 1 aromatic heterocycles. The van der Waals surface area contributed by atoms with Crippen LogP contribution in [0.25, 0.3) is 0 Å². The molecule has 1 aromatic rings. The zero-order valence-corrected chi connectivity index (χ0v) is 12.3. The van der Waals surface area contributed by atoms with E-state index in [2.05, 4.69) is 15.6 Å². The zero-order valence-electron chi connectivity index (χ0n) is 11.5. The van der Waals surface area contributed by atoms with Crippen molar-refractivity contribution in [2.75, 3.05) is 26.8 Å². The Kier molecular flexibility index (Phi) is 4.90. The van der Waals surface area contributed by atoms with Gasteiger partial charge in [-0.25, -0.2) is 4.98 Å². The Morgan fingerprint density at radius 1 is 1.58 bits per heavy atom. The summed E-state index contributed by atoms with van der Waals surface area (Å²) in [6.45, 7) is 4.76. The third-order valence-corrected chi connectivity index (χ3v) is 4.65. The van der Waals surface area contributed by atoms with E-state index in [4.69, 9.17) is 4.74 Å². The molecule has 0 radical (unpaired) electrons. The molecule has 0 aliphatic carbocycles. The van der Waals surface area contributed by atoms with Crippen LogP contribution in [-0.4, -0.2) is 37.7 Å². The fourth-order valence-corrected chi connectivity index (χ4v) is 3.18. The van der Waals surface area contributed by atoms with Crippen LogP contribution in [-0.2, 0) is 16.1 Å². The Bertz CT molecular complexity index is 422. The van der Waals surface area contributed by atoms with Crippen molar-refractivity contribution >= 4 is 17.2 Å². The maximum atomic E-state index is 12.5. The Morgan fingerprint density at radius 2 is 2.32 bits per heavy atom. The van der Waals surface area contributed by atoms with E-state index in [0.29, 0.717) is 13.2 Å². The SMILES string of the molecule is COCC1(C(=O)NCc2scnc2C)CCNCC1. The molecule has 6 heteroatoms. The number of carbonyl (C=O) groups is 1. The summed E-state index contributed by atoms with van der Waals surface area (Å²) in [7, 11) is 1.66. The maximum Gasteiger partial charge on any atom is 0.228 e. The third-order valence-electron chi connectivity index (χ3n) is 3.72. The summed E-state index contributed by atoms with van der Waals surface area (Å²) in [5.41, 5.74) is 2.43. The predicted molar refractivity (Wildman–Crippen MR) is 75.1 cm³/mol. The topological polar surface area (TPSA) is 63.2 Å². The first kappa shape index (κ1) is 14.4. The van der Waals surface area contributed by atoms with Crippen LogP contribution in [0.15, 0.2) is 5.51 Å². The Morgan fingerprint density at radius 3 is 2.89 bits per heavy atom. The summed E-state index contributed by atoms with van der Waals surface area (Å²) in [5.74, 6) is 0.101. The first-order chi connectivity index (χ1) is 9.18. The van der Waals surface area contributed by atoms with Crippen molar-refractivity contribution < 1.29 is 9.53 Å². The van der Waals surface area contributed by atoms with Gasteiger partial charge in [0, 0.05) is 12.0 Å². The minimum absolute atomic E-state index is 0.101. The third kappa shape index (κ3) is 3.32. The molecule has 2 rings (SSSR count). The minimum atomic E-state index is -0.376. The molecule has 1 aliphatic rings. The highest BCUT2D eigenvalue weighted by Gasteiger charge is 2.39. The van der Waals surface area contributed by atoms with Gasteiger partial charge in [-0.1, -0.05) is 0 Å². The second kappa shape index (κ2) is 6.45. The van der Waals surface area contributed by atoms with E-state index in [9.17, 15) is 4.79 Å². The largest absolute Gasteiger partial charge is 0.384 e. The molecule has 5 nitrogen and oxygen atoms in total. The summed E-state index contributed by atoms with van der Waals surface area (Å²) in [6, 6.07) is 0. The summed E-state index contributed by atoms with van der Waals surface area (Å²) in [5, 5.41) is 6.33. The first-order valence-corrected chi connectivity index (χ1v) is 7.43. The number of hydrogen-bond donors (Lipinski definition) is 2. The van der Waals surface area contributed by atoms with Gasteiger partial charge in [-0.05, 0) is 32.9 Å². The average Bonchev–Trinajstić information content (AvgIpc) is 2.83. The Hall–Kier alpha value is -0.980. The summed E-state index contributed by atoms with van der Waals surface area (Å²) >= 11 is 1.58. The lowest BCUT2D eigenvalue weighted by atomic mass is 9.78. The first-order valence-electron chi connectivity index (χ1n) is 6.55. The lowest BCUT2D eigenvalue weighted by Gasteiger charge is -2.35. The lowest BCUT2D eigenvalue weighted by Crippen LogP contribution is -2.49. The van der Waals surface area contributed by atoms with E-state index in [1.165, 1.54) is 0 Å². The maximum absolute atomic E-state index is 12.5. The van der Waals surface area contributed by atoms with Gasteiger partial charge in [-0.3, -0.25) is 4.79 Å². The molecule has 1 aliphatic heterocycles. The van der Waals surface area contributed by atoms with Crippen LogP contribution in [0.1, 0.15) is 23.4 Å². The molecule has 1 amide bonds. The highest BCUT2D eigenvalue weighted by Crippen LogP contribution is 2.29. The molecule has 0 aromatic carbocycles. The Balaban J connectivity index is 1.97. The van der Waals surface area contributed by atoms with Crippen molar-refractivity contribution in [3.63, 3.8) is 0 Å². The zero-order chi connectivity index (χ0) is 13.7. The highest BCUT2D eigenvalue weighted by molar-refractivity contribution is 7.09. The molecule has 1 saturated heterocycles. The highest BCUT2D eigenvalue weighted by atomic mass is 32.1. The number of hydrogen-bond acceptors (Lipinski definition) is 5. The summed E-state index contributed by atoms with van der Waals surface area (Å²) < 4.78 is 5.27. The second-order valence-electron chi connectivity index (χ2n) is 5.01. The van der Waals surface area contributed by atoms with Gasteiger partial charge in [0.05, 0.1) is 29.8 Å². The monoisotopic (exact) mass is 283 g/mol. The predicted octanol–water partition coefficient (Wildman–Crippen LogP) is 1.08. The van der Waals surface area contributed by atoms with Crippen molar-refractivity contribution in [3.8, 4) is 0 Å². The quantitative estimate of drug-likeness (QED) is 0.849. The van der Waals surface area contributed by atoms with Gasteiger partial charge in [0.1, 0.15) is 0 Å². The van der Waals surface area contributed by atoms with E-state index < -0.39 is 0 Å². The number of aryl methyl sites for hydroxylation is 1. The van der Waals surface area contributed by atoms with Crippen LogP contribution in [0, 0.1) is 12.3 Å². The number of nitrogens with zero attached hydrogens (tertiary/aromatic N) is 1. The van der Waals surface area contributed by atoms with Gasteiger partial charge in [0.15, 0.2) is 0 Å². The number of piperidine rings is 1. The number of nitrogens with one attached hydrogen (secondary N) is 2. The van der Waals surface area contributed by atoms with Crippen molar-refractivity contribution in [2.45, 2.75) is 26.3 Å². The van der Waals surface area contributed by atoms with Crippen molar-refractivity contribution in [1.82, 2.24) is 15.6 Å². The van der Waals surface area contributed by atoms with Crippen molar-refractivity contribution in [2.24, 2.45) is 5.41 Å². The van der Waals surface area contributed by atoms with Gasteiger partial charge in [-0.15, -0.1) is 11.3 Å². The van der Waals surface area contributed by atoms with E-state index >= 15 is 0 Å². The second-order valence-corrected chi connectivity index (χ2v) is 5.95. The minimum Gasteiger partial charge on any atom is -0.384 e. The van der Waals surface area contributed by atoms with Crippen LogP contribution < -0.4 is 10.6 Å². The molecule has 0 atom stereocenters. The number of carbonyl (C=O) groups excluding carboxylic acids is 1. The molecule has 0 spiro atoms. The molecular formula is C13H21N3O2S. The normalized spacial score (nSPS) is 18.2. The fourth-order valence-electron chi connectivity index (χ4n) is 2.46. The van der Waals surface area contributed by atoms with E-state index in [-0.39, 0.29) is 11.3 Å².